The number of anilines is 1. The maximum Gasteiger partial charge on any atom is 0.146 e. The van der Waals surface area contributed by atoms with Gasteiger partial charge in [0, 0.05) is 13.1 Å². The highest BCUT2D eigenvalue weighted by Crippen LogP contribution is 2.30. The quantitative estimate of drug-likeness (QED) is 0.916. The van der Waals surface area contributed by atoms with E-state index >= 15 is 0 Å². The Labute approximate surface area is 124 Å². The average molecular weight is 285 g/mol. The van der Waals surface area contributed by atoms with Gasteiger partial charge in [-0.15, -0.1) is 0 Å². The van der Waals surface area contributed by atoms with Gasteiger partial charge < -0.3 is 10.0 Å². The number of rotatable bonds is 3. The molecule has 1 saturated heterocycles. The minimum absolute atomic E-state index is 0.160. The standard InChI is InChI=1S/C18H20FNO/c1-13(21)14-5-4-6-15(11-14)16-7-8-17(19)18(12-16)20-9-2-3-10-20/h4-8,11-13,21H,2-3,9-10H2,1H3. The Morgan fingerprint density at radius 1 is 1.05 bits per heavy atom. The monoisotopic (exact) mass is 285 g/mol. The third-order valence-corrected chi connectivity index (χ3v) is 4.10. The summed E-state index contributed by atoms with van der Waals surface area (Å²) in [6.45, 7) is 3.60. The molecular weight excluding hydrogens is 265 g/mol. The summed E-state index contributed by atoms with van der Waals surface area (Å²) in [4.78, 5) is 2.11. The molecule has 1 aliphatic heterocycles. The summed E-state index contributed by atoms with van der Waals surface area (Å²) in [5, 5.41) is 9.70. The fraction of sp³-hybridized carbons (Fsp3) is 0.333. The molecule has 110 valence electrons. The van der Waals surface area contributed by atoms with Crippen molar-refractivity contribution in [3.63, 3.8) is 0 Å². The van der Waals surface area contributed by atoms with Crippen LogP contribution >= 0.6 is 0 Å². The van der Waals surface area contributed by atoms with Gasteiger partial charge in [-0.3, -0.25) is 0 Å². The summed E-state index contributed by atoms with van der Waals surface area (Å²) in [5.41, 5.74) is 3.56. The third kappa shape index (κ3) is 2.93. The molecule has 1 atom stereocenters. The van der Waals surface area contributed by atoms with Gasteiger partial charge in [-0.1, -0.05) is 24.3 Å². The van der Waals surface area contributed by atoms with Crippen molar-refractivity contribution >= 4 is 5.69 Å². The molecular formula is C18H20FNO. The summed E-state index contributed by atoms with van der Waals surface area (Å²) in [6, 6.07) is 13.0. The van der Waals surface area contributed by atoms with E-state index < -0.39 is 6.10 Å². The van der Waals surface area contributed by atoms with Crippen LogP contribution in [0.4, 0.5) is 10.1 Å². The van der Waals surface area contributed by atoms with Gasteiger partial charge in [0.1, 0.15) is 5.82 Å². The second kappa shape index (κ2) is 5.86. The fourth-order valence-electron chi connectivity index (χ4n) is 2.87. The van der Waals surface area contributed by atoms with E-state index in [-0.39, 0.29) is 5.82 Å². The molecule has 1 aliphatic rings. The van der Waals surface area contributed by atoms with Crippen LogP contribution in [0.3, 0.4) is 0 Å². The molecule has 0 aromatic heterocycles. The highest BCUT2D eigenvalue weighted by molar-refractivity contribution is 5.69. The van der Waals surface area contributed by atoms with Crippen LogP contribution in [0.5, 0.6) is 0 Å². The molecule has 2 aromatic carbocycles. The predicted molar refractivity (Wildman–Crippen MR) is 83.9 cm³/mol. The van der Waals surface area contributed by atoms with Gasteiger partial charge >= 0.3 is 0 Å². The molecule has 2 aromatic rings. The molecule has 0 radical (unpaired) electrons. The number of hydrogen-bond donors (Lipinski definition) is 1. The Morgan fingerprint density at radius 3 is 2.48 bits per heavy atom. The highest BCUT2D eigenvalue weighted by Gasteiger charge is 2.17. The largest absolute Gasteiger partial charge is 0.389 e. The average Bonchev–Trinajstić information content (AvgIpc) is 3.02. The van der Waals surface area contributed by atoms with Gasteiger partial charge in [-0.2, -0.15) is 0 Å². The molecule has 1 heterocycles. The van der Waals surface area contributed by atoms with Crippen molar-refractivity contribution in [3.05, 3.63) is 53.8 Å². The number of aliphatic hydroxyl groups excluding tert-OH is 1. The minimum Gasteiger partial charge on any atom is -0.389 e. The van der Waals surface area contributed by atoms with E-state index in [0.29, 0.717) is 5.69 Å². The second-order valence-electron chi connectivity index (χ2n) is 5.66. The van der Waals surface area contributed by atoms with Crippen molar-refractivity contribution in [2.45, 2.75) is 25.9 Å². The number of hydrogen-bond acceptors (Lipinski definition) is 2. The Kier molecular flexibility index (Phi) is 3.93. The van der Waals surface area contributed by atoms with Gasteiger partial charge in [0.25, 0.3) is 0 Å². The molecule has 3 heteroatoms. The van der Waals surface area contributed by atoms with Crippen LogP contribution in [0.1, 0.15) is 31.4 Å². The van der Waals surface area contributed by atoms with Gasteiger partial charge in [0.15, 0.2) is 0 Å². The zero-order valence-corrected chi connectivity index (χ0v) is 12.2. The van der Waals surface area contributed by atoms with Gasteiger partial charge in [0.05, 0.1) is 11.8 Å². The molecule has 1 fully saturated rings. The molecule has 0 spiro atoms. The summed E-state index contributed by atoms with van der Waals surface area (Å²) in [5.74, 6) is -0.160. The van der Waals surface area contributed by atoms with E-state index in [1.807, 2.05) is 30.3 Å². The smallest absolute Gasteiger partial charge is 0.146 e. The van der Waals surface area contributed by atoms with Crippen molar-refractivity contribution in [1.29, 1.82) is 0 Å². The van der Waals surface area contributed by atoms with Crippen LogP contribution in [0, 0.1) is 5.82 Å². The second-order valence-corrected chi connectivity index (χ2v) is 5.66. The molecule has 21 heavy (non-hydrogen) atoms. The fourth-order valence-corrected chi connectivity index (χ4v) is 2.87. The number of aliphatic hydroxyl groups is 1. The van der Waals surface area contributed by atoms with E-state index in [4.69, 9.17) is 0 Å². The normalized spacial score (nSPS) is 16.2. The van der Waals surface area contributed by atoms with Crippen LogP contribution < -0.4 is 4.90 Å². The first-order valence-electron chi connectivity index (χ1n) is 7.48. The lowest BCUT2D eigenvalue weighted by Gasteiger charge is -2.19. The zero-order valence-electron chi connectivity index (χ0n) is 12.2. The van der Waals surface area contributed by atoms with Gasteiger partial charge in [-0.05, 0) is 54.7 Å². The minimum atomic E-state index is -0.497. The number of halogens is 1. The summed E-state index contributed by atoms with van der Waals surface area (Å²) in [7, 11) is 0. The Balaban J connectivity index is 1.99. The predicted octanol–water partition coefficient (Wildman–Crippen LogP) is 4.15. The lowest BCUT2D eigenvalue weighted by molar-refractivity contribution is 0.199. The molecule has 0 amide bonds. The van der Waals surface area contributed by atoms with Gasteiger partial charge in [0.2, 0.25) is 0 Å². The maximum atomic E-state index is 14.1. The first-order valence-corrected chi connectivity index (χ1v) is 7.48. The van der Waals surface area contributed by atoms with Crippen LogP contribution in [0.15, 0.2) is 42.5 Å². The molecule has 3 rings (SSSR count). The van der Waals surface area contributed by atoms with Crippen LogP contribution in [-0.4, -0.2) is 18.2 Å². The lowest BCUT2D eigenvalue weighted by Crippen LogP contribution is -2.18. The van der Waals surface area contributed by atoms with E-state index in [1.165, 1.54) is 6.07 Å². The molecule has 0 bridgehead atoms. The maximum absolute atomic E-state index is 14.1. The topological polar surface area (TPSA) is 23.5 Å². The van der Waals surface area contributed by atoms with Crippen molar-refractivity contribution in [2.75, 3.05) is 18.0 Å². The van der Waals surface area contributed by atoms with Crippen LogP contribution in [0.2, 0.25) is 0 Å². The summed E-state index contributed by atoms with van der Waals surface area (Å²) < 4.78 is 14.1. The Hall–Kier alpha value is -1.87. The third-order valence-electron chi connectivity index (χ3n) is 4.10. The van der Waals surface area contributed by atoms with E-state index in [1.54, 1.807) is 13.0 Å². The van der Waals surface area contributed by atoms with Crippen LogP contribution in [0.25, 0.3) is 11.1 Å². The first kappa shape index (κ1) is 14.1. The molecule has 2 nitrogen and oxygen atoms in total. The van der Waals surface area contributed by atoms with E-state index in [2.05, 4.69) is 4.90 Å². The van der Waals surface area contributed by atoms with Crippen molar-refractivity contribution in [1.82, 2.24) is 0 Å². The van der Waals surface area contributed by atoms with E-state index in [9.17, 15) is 9.50 Å². The molecule has 1 unspecified atom stereocenters. The first-order chi connectivity index (χ1) is 10.1. The zero-order chi connectivity index (χ0) is 14.8. The number of nitrogens with zero attached hydrogens (tertiary/aromatic N) is 1. The Bertz CT molecular complexity index is 633. The van der Waals surface area contributed by atoms with Crippen molar-refractivity contribution in [3.8, 4) is 11.1 Å². The lowest BCUT2D eigenvalue weighted by atomic mass is 10.0. The van der Waals surface area contributed by atoms with Crippen LogP contribution in [-0.2, 0) is 0 Å². The van der Waals surface area contributed by atoms with Gasteiger partial charge in [-0.25, -0.2) is 4.39 Å². The summed E-state index contributed by atoms with van der Waals surface area (Å²) in [6.07, 6.45) is 1.76. The van der Waals surface area contributed by atoms with Crippen molar-refractivity contribution < 1.29 is 9.50 Å². The highest BCUT2D eigenvalue weighted by atomic mass is 19.1. The summed E-state index contributed by atoms with van der Waals surface area (Å²) >= 11 is 0. The SMILES string of the molecule is CC(O)c1cccc(-c2ccc(F)c(N3CCCC3)c2)c1. The Morgan fingerprint density at radius 2 is 1.76 bits per heavy atom. The molecule has 0 aliphatic carbocycles. The molecule has 1 N–H and O–H groups in total. The van der Waals surface area contributed by atoms with Crippen molar-refractivity contribution in [2.24, 2.45) is 0 Å². The van der Waals surface area contributed by atoms with E-state index in [0.717, 1.165) is 42.6 Å². The number of benzene rings is 2. The molecule has 0 saturated carbocycles.